The van der Waals surface area contributed by atoms with Crippen molar-refractivity contribution < 1.29 is 36.2 Å². The SMILES string of the molecule is CC(=O)c1c(C(F)(F)F)ccc(O)c1C(F)(F)F. The minimum atomic E-state index is -5.26. The molecule has 0 bridgehead atoms. The zero-order valence-electron chi connectivity index (χ0n) is 8.78. The van der Waals surface area contributed by atoms with Crippen LogP contribution >= 0.6 is 0 Å². The quantitative estimate of drug-likeness (QED) is 0.626. The molecule has 1 aromatic rings. The zero-order chi connectivity index (χ0) is 14.3. The number of hydrogen-bond acceptors (Lipinski definition) is 2. The summed E-state index contributed by atoms with van der Waals surface area (Å²) in [4.78, 5) is 11.0. The molecule has 1 N–H and O–H groups in total. The number of phenols is 1. The van der Waals surface area contributed by atoms with Crippen molar-refractivity contribution in [1.29, 1.82) is 0 Å². The number of ketones is 1. The molecule has 0 aromatic heterocycles. The zero-order valence-corrected chi connectivity index (χ0v) is 8.78. The Bertz CT molecular complexity index is 486. The van der Waals surface area contributed by atoms with E-state index in [1.807, 2.05) is 0 Å². The van der Waals surface area contributed by atoms with Crippen LogP contribution in [0.15, 0.2) is 12.1 Å². The number of aromatic hydroxyl groups is 1. The molecule has 2 nitrogen and oxygen atoms in total. The summed E-state index contributed by atoms with van der Waals surface area (Å²) in [5, 5.41) is 9.03. The third kappa shape index (κ3) is 2.57. The van der Waals surface area contributed by atoms with E-state index in [-0.39, 0.29) is 12.1 Å². The van der Waals surface area contributed by atoms with Crippen LogP contribution < -0.4 is 0 Å². The van der Waals surface area contributed by atoms with Crippen molar-refractivity contribution in [1.82, 2.24) is 0 Å². The van der Waals surface area contributed by atoms with Crippen molar-refractivity contribution in [3.05, 3.63) is 28.8 Å². The number of rotatable bonds is 1. The highest BCUT2D eigenvalue weighted by Crippen LogP contribution is 2.43. The fourth-order valence-electron chi connectivity index (χ4n) is 1.48. The van der Waals surface area contributed by atoms with E-state index in [2.05, 4.69) is 0 Å². The van der Waals surface area contributed by atoms with Gasteiger partial charge in [-0.3, -0.25) is 4.79 Å². The Morgan fingerprint density at radius 3 is 1.89 bits per heavy atom. The first-order valence-corrected chi connectivity index (χ1v) is 4.47. The lowest BCUT2D eigenvalue weighted by Crippen LogP contribution is -2.19. The highest BCUT2D eigenvalue weighted by Gasteiger charge is 2.44. The molecule has 0 spiro atoms. The second-order valence-corrected chi connectivity index (χ2v) is 3.43. The fourth-order valence-corrected chi connectivity index (χ4v) is 1.48. The second kappa shape index (κ2) is 4.18. The van der Waals surface area contributed by atoms with Gasteiger partial charge in [0, 0.05) is 5.56 Å². The molecule has 0 fully saturated rings. The summed E-state index contributed by atoms with van der Waals surface area (Å²) in [7, 11) is 0. The minimum Gasteiger partial charge on any atom is -0.507 e. The van der Waals surface area contributed by atoms with Crippen LogP contribution in [0.4, 0.5) is 26.3 Å². The van der Waals surface area contributed by atoms with Gasteiger partial charge < -0.3 is 5.11 Å². The predicted octanol–water partition coefficient (Wildman–Crippen LogP) is 3.63. The first kappa shape index (κ1) is 14.3. The highest BCUT2D eigenvalue weighted by atomic mass is 19.4. The summed E-state index contributed by atoms with van der Waals surface area (Å²) in [6.45, 7) is 0.569. The normalized spacial score (nSPS) is 12.6. The summed E-state index contributed by atoms with van der Waals surface area (Å²) >= 11 is 0. The Morgan fingerprint density at radius 1 is 1.06 bits per heavy atom. The van der Waals surface area contributed by atoms with Crippen molar-refractivity contribution in [2.24, 2.45) is 0 Å². The molecule has 18 heavy (non-hydrogen) atoms. The van der Waals surface area contributed by atoms with Crippen LogP contribution in [0.5, 0.6) is 5.75 Å². The van der Waals surface area contributed by atoms with Gasteiger partial charge in [-0.1, -0.05) is 0 Å². The lowest BCUT2D eigenvalue weighted by molar-refractivity contribution is -0.144. The first-order chi connectivity index (χ1) is 7.96. The third-order valence-electron chi connectivity index (χ3n) is 2.12. The Labute approximate surface area is 96.8 Å². The van der Waals surface area contributed by atoms with Crippen LogP contribution in [0.3, 0.4) is 0 Å². The molecule has 1 rings (SSSR count). The van der Waals surface area contributed by atoms with Gasteiger partial charge in [-0.25, -0.2) is 0 Å². The third-order valence-corrected chi connectivity index (χ3v) is 2.12. The molecule has 1 aromatic carbocycles. The number of carbonyl (C=O) groups excluding carboxylic acids is 1. The second-order valence-electron chi connectivity index (χ2n) is 3.43. The standard InChI is InChI=1S/C10H6F6O2/c1-4(17)7-5(9(11,12)13)2-3-6(18)8(7)10(14,15)16/h2-3,18H,1H3. The number of carbonyl (C=O) groups is 1. The van der Waals surface area contributed by atoms with Crippen LogP contribution in [0.25, 0.3) is 0 Å². The molecule has 0 saturated heterocycles. The maximum atomic E-state index is 12.6. The number of benzene rings is 1. The molecule has 0 amide bonds. The number of Topliss-reactive ketones (excluding diaryl/α,β-unsaturated/α-hetero) is 1. The van der Waals surface area contributed by atoms with Crippen LogP contribution in [0.2, 0.25) is 0 Å². The summed E-state index contributed by atoms with van der Waals surface area (Å²) in [6.07, 6.45) is -10.4. The number of phenolic OH excluding ortho intramolecular Hbond substituents is 1. The lowest BCUT2D eigenvalue weighted by atomic mass is 9.96. The molecular formula is C10H6F6O2. The van der Waals surface area contributed by atoms with Crippen LogP contribution in [-0.4, -0.2) is 10.9 Å². The molecule has 0 aliphatic rings. The van der Waals surface area contributed by atoms with Gasteiger partial charge in [0.25, 0.3) is 0 Å². The van der Waals surface area contributed by atoms with Crippen LogP contribution in [0, 0.1) is 0 Å². The fraction of sp³-hybridized carbons (Fsp3) is 0.300. The van der Waals surface area contributed by atoms with Gasteiger partial charge in [0.1, 0.15) is 11.3 Å². The van der Waals surface area contributed by atoms with Gasteiger partial charge >= 0.3 is 12.4 Å². The molecule has 0 radical (unpaired) electrons. The van der Waals surface area contributed by atoms with Crippen molar-refractivity contribution in [2.45, 2.75) is 19.3 Å². The average Bonchev–Trinajstić information content (AvgIpc) is 2.12. The van der Waals surface area contributed by atoms with E-state index in [1.165, 1.54) is 0 Å². The van der Waals surface area contributed by atoms with E-state index in [4.69, 9.17) is 5.11 Å². The topological polar surface area (TPSA) is 37.3 Å². The van der Waals surface area contributed by atoms with Crippen molar-refractivity contribution in [2.75, 3.05) is 0 Å². The summed E-state index contributed by atoms with van der Waals surface area (Å²) in [5.41, 5.74) is -5.26. The smallest absolute Gasteiger partial charge is 0.420 e. The largest absolute Gasteiger partial charge is 0.507 e. The molecule has 0 aliphatic carbocycles. The molecular weight excluding hydrogens is 266 g/mol. The average molecular weight is 272 g/mol. The minimum absolute atomic E-state index is 0.237. The van der Waals surface area contributed by atoms with E-state index in [0.717, 1.165) is 0 Å². The number of alkyl halides is 6. The summed E-state index contributed by atoms with van der Waals surface area (Å²) < 4.78 is 75.2. The van der Waals surface area contributed by atoms with Crippen molar-refractivity contribution >= 4 is 5.78 Å². The number of halogens is 6. The molecule has 0 atom stereocenters. The Morgan fingerprint density at radius 2 is 1.56 bits per heavy atom. The first-order valence-electron chi connectivity index (χ1n) is 4.47. The van der Waals surface area contributed by atoms with Crippen molar-refractivity contribution in [3.63, 3.8) is 0 Å². The highest BCUT2D eigenvalue weighted by molar-refractivity contribution is 5.98. The monoisotopic (exact) mass is 272 g/mol. The van der Waals surface area contributed by atoms with E-state index >= 15 is 0 Å². The van der Waals surface area contributed by atoms with Gasteiger partial charge in [-0.15, -0.1) is 0 Å². The van der Waals surface area contributed by atoms with Crippen LogP contribution in [-0.2, 0) is 12.4 Å². The summed E-state index contributed by atoms with van der Waals surface area (Å²) in [6, 6.07) is 0.499. The number of hydrogen-bond donors (Lipinski definition) is 1. The van der Waals surface area contributed by atoms with Gasteiger partial charge in [0.15, 0.2) is 5.78 Å². The van der Waals surface area contributed by atoms with Crippen molar-refractivity contribution in [3.8, 4) is 5.75 Å². The molecule has 0 unspecified atom stereocenters. The maximum absolute atomic E-state index is 12.6. The lowest BCUT2D eigenvalue weighted by Gasteiger charge is -2.17. The molecule has 100 valence electrons. The maximum Gasteiger partial charge on any atom is 0.420 e. The summed E-state index contributed by atoms with van der Waals surface area (Å²) in [5.74, 6) is -2.84. The van der Waals surface area contributed by atoms with E-state index in [9.17, 15) is 31.1 Å². The van der Waals surface area contributed by atoms with E-state index < -0.39 is 40.6 Å². The van der Waals surface area contributed by atoms with Crippen LogP contribution in [0.1, 0.15) is 28.4 Å². The molecule has 8 heteroatoms. The molecule has 0 aliphatic heterocycles. The Kier molecular flexibility index (Phi) is 3.33. The predicted molar refractivity (Wildman–Crippen MR) is 48.1 cm³/mol. The van der Waals surface area contributed by atoms with E-state index in [0.29, 0.717) is 6.92 Å². The molecule has 0 saturated carbocycles. The van der Waals surface area contributed by atoms with Gasteiger partial charge in [-0.2, -0.15) is 26.3 Å². The van der Waals surface area contributed by atoms with E-state index in [1.54, 1.807) is 0 Å². The van der Waals surface area contributed by atoms with Gasteiger partial charge in [0.05, 0.1) is 5.56 Å². The molecule has 0 heterocycles. The Hall–Kier alpha value is -1.73. The van der Waals surface area contributed by atoms with Gasteiger partial charge in [-0.05, 0) is 19.1 Å². The Balaban J connectivity index is 3.76. The van der Waals surface area contributed by atoms with Gasteiger partial charge in [0.2, 0.25) is 0 Å².